The lowest BCUT2D eigenvalue weighted by Crippen LogP contribution is -2.24. The summed E-state index contributed by atoms with van der Waals surface area (Å²) in [6, 6.07) is 4.35. The normalized spacial score (nSPS) is 15.9. The topological polar surface area (TPSA) is 58.2 Å². The van der Waals surface area contributed by atoms with E-state index in [1.807, 2.05) is 6.07 Å². The SMILES string of the molecule is CC(C)CCNS(=O)(=O)c1ccc(CCNC2CC2)s1. The van der Waals surface area contributed by atoms with E-state index in [1.54, 1.807) is 6.07 Å². The molecular weight excluding hydrogens is 292 g/mol. The predicted octanol–water partition coefficient (Wildman–Crippen LogP) is 2.37. The first-order valence-corrected chi connectivity index (χ1v) is 9.59. The number of thiophene rings is 1. The van der Waals surface area contributed by atoms with Gasteiger partial charge in [-0.3, -0.25) is 0 Å². The zero-order valence-corrected chi connectivity index (χ0v) is 13.8. The van der Waals surface area contributed by atoms with Gasteiger partial charge in [0, 0.05) is 24.0 Å². The lowest BCUT2D eigenvalue weighted by molar-refractivity contribution is 0.553. The molecule has 2 N–H and O–H groups in total. The number of sulfonamides is 1. The van der Waals surface area contributed by atoms with E-state index in [0.29, 0.717) is 22.7 Å². The van der Waals surface area contributed by atoms with Crippen molar-refractivity contribution in [1.29, 1.82) is 0 Å². The summed E-state index contributed by atoms with van der Waals surface area (Å²) in [5, 5.41) is 3.44. The summed E-state index contributed by atoms with van der Waals surface area (Å²) < 4.78 is 27.3. The molecule has 4 nitrogen and oxygen atoms in total. The largest absolute Gasteiger partial charge is 0.314 e. The molecule has 114 valence electrons. The van der Waals surface area contributed by atoms with Crippen LogP contribution in [0.2, 0.25) is 0 Å². The van der Waals surface area contributed by atoms with Gasteiger partial charge in [0.05, 0.1) is 0 Å². The van der Waals surface area contributed by atoms with Crippen LogP contribution >= 0.6 is 11.3 Å². The maximum Gasteiger partial charge on any atom is 0.250 e. The molecule has 1 aromatic rings. The molecule has 0 spiro atoms. The highest BCUT2D eigenvalue weighted by Crippen LogP contribution is 2.23. The van der Waals surface area contributed by atoms with Crippen LogP contribution < -0.4 is 10.0 Å². The summed E-state index contributed by atoms with van der Waals surface area (Å²) in [5.41, 5.74) is 0. The first-order chi connectivity index (χ1) is 9.47. The highest BCUT2D eigenvalue weighted by Gasteiger charge is 2.20. The average molecular weight is 316 g/mol. The number of nitrogens with one attached hydrogen (secondary N) is 2. The monoisotopic (exact) mass is 316 g/mol. The highest BCUT2D eigenvalue weighted by atomic mass is 32.2. The molecule has 1 fully saturated rings. The molecule has 0 amide bonds. The Bertz CT molecular complexity index is 519. The predicted molar refractivity (Wildman–Crippen MR) is 83.7 cm³/mol. The van der Waals surface area contributed by atoms with Crippen molar-refractivity contribution in [2.75, 3.05) is 13.1 Å². The van der Waals surface area contributed by atoms with Gasteiger partial charge in [-0.25, -0.2) is 13.1 Å². The van der Waals surface area contributed by atoms with Crippen LogP contribution in [-0.2, 0) is 16.4 Å². The Morgan fingerprint density at radius 2 is 2.05 bits per heavy atom. The van der Waals surface area contributed by atoms with Crippen LogP contribution in [0.3, 0.4) is 0 Å². The lowest BCUT2D eigenvalue weighted by atomic mass is 10.1. The van der Waals surface area contributed by atoms with Gasteiger partial charge in [0.15, 0.2) is 0 Å². The van der Waals surface area contributed by atoms with E-state index in [9.17, 15) is 8.42 Å². The first kappa shape index (κ1) is 15.9. The fraction of sp³-hybridized carbons (Fsp3) is 0.714. The Labute approximate surface area is 126 Å². The molecule has 0 saturated heterocycles. The minimum Gasteiger partial charge on any atom is -0.314 e. The van der Waals surface area contributed by atoms with Crippen molar-refractivity contribution in [1.82, 2.24) is 10.0 Å². The van der Waals surface area contributed by atoms with E-state index in [-0.39, 0.29) is 0 Å². The average Bonchev–Trinajstić information content (AvgIpc) is 3.04. The van der Waals surface area contributed by atoms with Crippen LogP contribution in [0.25, 0.3) is 0 Å². The summed E-state index contributed by atoms with van der Waals surface area (Å²) in [6.07, 6.45) is 4.33. The van der Waals surface area contributed by atoms with Crippen molar-refractivity contribution in [2.24, 2.45) is 5.92 Å². The zero-order valence-electron chi connectivity index (χ0n) is 12.2. The van der Waals surface area contributed by atoms with E-state index in [4.69, 9.17) is 0 Å². The highest BCUT2D eigenvalue weighted by molar-refractivity contribution is 7.91. The summed E-state index contributed by atoms with van der Waals surface area (Å²) in [6.45, 7) is 5.62. The minimum absolute atomic E-state index is 0.433. The van der Waals surface area contributed by atoms with Crippen molar-refractivity contribution in [3.8, 4) is 0 Å². The van der Waals surface area contributed by atoms with Gasteiger partial charge in [-0.1, -0.05) is 13.8 Å². The van der Waals surface area contributed by atoms with Crippen molar-refractivity contribution >= 4 is 21.4 Å². The Morgan fingerprint density at radius 3 is 2.70 bits per heavy atom. The van der Waals surface area contributed by atoms with Crippen molar-refractivity contribution in [3.63, 3.8) is 0 Å². The Balaban J connectivity index is 1.82. The van der Waals surface area contributed by atoms with Gasteiger partial charge in [0.1, 0.15) is 4.21 Å². The van der Waals surface area contributed by atoms with Crippen LogP contribution in [0.5, 0.6) is 0 Å². The molecule has 0 atom stereocenters. The zero-order chi connectivity index (χ0) is 14.6. The third-order valence-corrected chi connectivity index (χ3v) is 6.40. The Hall–Kier alpha value is -0.430. The Morgan fingerprint density at radius 1 is 1.30 bits per heavy atom. The molecule has 2 rings (SSSR count). The second kappa shape index (κ2) is 7.02. The molecule has 0 aliphatic heterocycles. The molecule has 1 aliphatic rings. The third-order valence-electron chi connectivity index (χ3n) is 3.30. The van der Waals surface area contributed by atoms with Crippen LogP contribution in [0.15, 0.2) is 16.3 Å². The fourth-order valence-electron chi connectivity index (χ4n) is 1.88. The van der Waals surface area contributed by atoms with Crippen molar-refractivity contribution in [2.45, 2.75) is 49.8 Å². The number of rotatable bonds is 9. The van der Waals surface area contributed by atoms with E-state index in [1.165, 1.54) is 24.2 Å². The molecule has 1 heterocycles. The molecular formula is C14H24N2O2S2. The summed E-state index contributed by atoms with van der Waals surface area (Å²) >= 11 is 1.38. The summed E-state index contributed by atoms with van der Waals surface area (Å²) in [7, 11) is -3.32. The number of hydrogen-bond donors (Lipinski definition) is 2. The van der Waals surface area contributed by atoms with Gasteiger partial charge in [-0.2, -0.15) is 0 Å². The molecule has 6 heteroatoms. The first-order valence-electron chi connectivity index (χ1n) is 7.29. The molecule has 0 bridgehead atoms. The molecule has 0 radical (unpaired) electrons. The Kier molecular flexibility index (Phi) is 5.60. The van der Waals surface area contributed by atoms with Gasteiger partial charge in [0.2, 0.25) is 10.0 Å². The van der Waals surface area contributed by atoms with Crippen LogP contribution in [0, 0.1) is 5.92 Å². The minimum atomic E-state index is -3.32. The van der Waals surface area contributed by atoms with Gasteiger partial charge < -0.3 is 5.32 Å². The summed E-state index contributed by atoms with van der Waals surface area (Å²) in [5.74, 6) is 0.505. The lowest BCUT2D eigenvalue weighted by Gasteiger charge is -2.06. The van der Waals surface area contributed by atoms with E-state index >= 15 is 0 Å². The van der Waals surface area contributed by atoms with Crippen molar-refractivity contribution < 1.29 is 8.42 Å². The molecule has 1 saturated carbocycles. The quantitative estimate of drug-likeness (QED) is 0.735. The van der Waals surface area contributed by atoms with Gasteiger partial charge >= 0.3 is 0 Å². The smallest absolute Gasteiger partial charge is 0.250 e. The third kappa shape index (κ3) is 5.16. The van der Waals surface area contributed by atoms with E-state index < -0.39 is 10.0 Å². The van der Waals surface area contributed by atoms with Gasteiger partial charge in [0.25, 0.3) is 0 Å². The molecule has 0 unspecified atom stereocenters. The maximum atomic E-state index is 12.1. The summed E-state index contributed by atoms with van der Waals surface area (Å²) in [4.78, 5) is 1.13. The van der Waals surface area contributed by atoms with E-state index in [0.717, 1.165) is 24.3 Å². The number of hydrogen-bond acceptors (Lipinski definition) is 4. The maximum absolute atomic E-state index is 12.1. The second-order valence-electron chi connectivity index (χ2n) is 5.78. The standard InChI is InChI=1S/C14H24N2O2S2/c1-11(2)7-10-16-20(17,18)14-6-5-13(19-14)8-9-15-12-3-4-12/h5-6,11-12,15-16H,3-4,7-10H2,1-2H3. The van der Waals surface area contributed by atoms with E-state index in [2.05, 4.69) is 23.9 Å². The van der Waals surface area contributed by atoms with Gasteiger partial charge in [-0.15, -0.1) is 11.3 Å². The van der Waals surface area contributed by atoms with Gasteiger partial charge in [-0.05, 0) is 43.7 Å². The molecule has 1 aliphatic carbocycles. The molecule has 1 aromatic heterocycles. The molecule has 20 heavy (non-hydrogen) atoms. The fourth-order valence-corrected chi connectivity index (χ4v) is 4.32. The van der Waals surface area contributed by atoms with Crippen LogP contribution in [-0.4, -0.2) is 27.5 Å². The van der Waals surface area contributed by atoms with Crippen molar-refractivity contribution in [3.05, 3.63) is 17.0 Å². The molecule has 0 aromatic carbocycles. The van der Waals surface area contributed by atoms with Crippen LogP contribution in [0.1, 0.15) is 38.0 Å². The van der Waals surface area contributed by atoms with Crippen LogP contribution in [0.4, 0.5) is 0 Å². The second-order valence-corrected chi connectivity index (χ2v) is 8.94.